The molecule has 10 amide bonds. The molecule has 8 atom stereocenters. The molecule has 93 heavy (non-hydrogen) atoms. The van der Waals surface area contributed by atoms with Gasteiger partial charge in [-0.15, -0.1) is 0 Å². The van der Waals surface area contributed by atoms with Gasteiger partial charge in [0.1, 0.15) is 66.7 Å². The van der Waals surface area contributed by atoms with Crippen LogP contribution >= 0.6 is 0 Å². The third kappa shape index (κ3) is 38.2. The number of carboxylic acid groups (broad SMARTS) is 3. The van der Waals surface area contributed by atoms with Crippen LogP contribution < -0.4 is 53.2 Å². The minimum absolute atomic E-state index is 0.0412. The summed E-state index contributed by atoms with van der Waals surface area (Å²) in [5.74, 6) is -11.8. The van der Waals surface area contributed by atoms with Crippen LogP contribution in [0, 0.1) is 5.92 Å². The number of benzene rings is 1. The lowest BCUT2D eigenvalue weighted by Gasteiger charge is -2.24. The molecule has 0 aromatic heterocycles. The number of amides is 10. The van der Waals surface area contributed by atoms with Crippen molar-refractivity contribution in [2.45, 2.75) is 199 Å². The molecule has 1 aromatic rings. The summed E-state index contributed by atoms with van der Waals surface area (Å²) in [5.41, 5.74) is -0.925. The Morgan fingerprint density at radius 1 is 0.505 bits per heavy atom. The highest BCUT2D eigenvalue weighted by molar-refractivity contribution is 5.95. The molecule has 1 saturated heterocycles. The smallest absolute Gasteiger partial charge is 0.408 e. The second-order valence-corrected chi connectivity index (χ2v) is 24.2. The number of aliphatic carboxylic acids is 3. The van der Waals surface area contributed by atoms with Crippen molar-refractivity contribution in [2.24, 2.45) is 5.92 Å². The van der Waals surface area contributed by atoms with E-state index in [1.54, 1.807) is 71.9 Å². The van der Waals surface area contributed by atoms with Crippen molar-refractivity contribution in [3.8, 4) is 0 Å². The quantitative estimate of drug-likeness (QED) is 0.0205. The van der Waals surface area contributed by atoms with Crippen LogP contribution in [0.4, 0.5) is 4.79 Å². The largest absolute Gasteiger partial charge is 0.481 e. The van der Waals surface area contributed by atoms with Gasteiger partial charge in [-0.05, 0) is 104 Å². The van der Waals surface area contributed by atoms with Gasteiger partial charge in [0.2, 0.25) is 53.2 Å². The SMILES string of the molecule is CC(C)CC(NC(=O)C(Cc1ccccc1)NC(=O)CNC(=O)OC(C)(C)C)C(=O)NCC(=O)NCCCCC(NC(=O)CCC(=O)OC(C)(C)C)C(=O)NCCOCCOCC(=O)NC(CCC(=O)NC(CCC1OC1O)C(=O)O)C(=O)NC(CCC(=O)O)C(=O)O. The molecule has 0 saturated carbocycles. The Morgan fingerprint density at radius 2 is 1.04 bits per heavy atom. The van der Waals surface area contributed by atoms with E-state index in [1.807, 2.05) is 13.8 Å². The summed E-state index contributed by atoms with van der Waals surface area (Å²) in [6.45, 7) is 11.6. The molecule has 14 N–H and O–H groups in total. The molecule has 2 rings (SSSR count). The zero-order valence-electron chi connectivity index (χ0n) is 54.0. The monoisotopic (exact) mass is 1320 g/mol. The highest BCUT2D eigenvalue weighted by Crippen LogP contribution is 2.24. The Hall–Kier alpha value is -8.56. The van der Waals surface area contributed by atoms with Gasteiger partial charge in [-0.2, -0.15) is 0 Å². The average molecular weight is 1320 g/mol. The van der Waals surface area contributed by atoms with E-state index >= 15 is 0 Å². The van der Waals surface area contributed by atoms with Gasteiger partial charge in [-0.25, -0.2) is 14.4 Å². The van der Waals surface area contributed by atoms with E-state index in [0.29, 0.717) is 12.0 Å². The van der Waals surface area contributed by atoms with Crippen molar-refractivity contribution in [3.63, 3.8) is 0 Å². The Bertz CT molecular complexity index is 2670. The molecule has 1 heterocycles. The van der Waals surface area contributed by atoms with E-state index in [1.165, 1.54) is 0 Å². The second kappa shape index (κ2) is 41.8. The van der Waals surface area contributed by atoms with Crippen LogP contribution in [0.5, 0.6) is 0 Å². The van der Waals surface area contributed by atoms with Gasteiger partial charge in [0.25, 0.3) is 0 Å². The van der Waals surface area contributed by atoms with E-state index in [-0.39, 0.29) is 90.2 Å². The maximum absolute atomic E-state index is 13.8. The minimum Gasteiger partial charge on any atom is -0.481 e. The van der Waals surface area contributed by atoms with E-state index in [0.717, 1.165) is 0 Å². The third-order valence-electron chi connectivity index (χ3n) is 13.0. The van der Waals surface area contributed by atoms with Gasteiger partial charge in [0.05, 0.1) is 32.8 Å². The summed E-state index contributed by atoms with van der Waals surface area (Å²) in [7, 11) is 0. The molecule has 522 valence electrons. The summed E-state index contributed by atoms with van der Waals surface area (Å²) in [4.78, 5) is 178. The highest BCUT2D eigenvalue weighted by Gasteiger charge is 2.38. The number of rotatable bonds is 45. The van der Waals surface area contributed by atoms with Gasteiger partial charge < -0.3 is 97.3 Å². The number of carbonyl (C=O) groups excluding carboxylic acids is 11. The number of aliphatic hydroxyl groups is 1. The first-order chi connectivity index (χ1) is 43.6. The Morgan fingerprint density at radius 3 is 1.66 bits per heavy atom. The number of carboxylic acids is 3. The molecular formula is C60H94N10O23. The highest BCUT2D eigenvalue weighted by atomic mass is 16.7. The fourth-order valence-electron chi connectivity index (χ4n) is 8.48. The molecular weight excluding hydrogens is 1230 g/mol. The van der Waals surface area contributed by atoms with E-state index in [4.69, 9.17) is 28.8 Å². The molecule has 33 heteroatoms. The molecule has 1 fully saturated rings. The number of hydrogen-bond donors (Lipinski definition) is 14. The Kier molecular flexibility index (Phi) is 36.2. The van der Waals surface area contributed by atoms with Gasteiger partial charge >= 0.3 is 30.0 Å². The molecule has 1 aromatic carbocycles. The molecule has 0 aliphatic carbocycles. The van der Waals surface area contributed by atoms with Crippen molar-refractivity contribution in [3.05, 3.63) is 35.9 Å². The van der Waals surface area contributed by atoms with Crippen LogP contribution in [0.25, 0.3) is 0 Å². The van der Waals surface area contributed by atoms with Crippen LogP contribution in [-0.2, 0) is 92.4 Å². The zero-order chi connectivity index (χ0) is 69.8. The van der Waals surface area contributed by atoms with Crippen molar-refractivity contribution < 1.29 is 111 Å². The molecule has 0 bridgehead atoms. The maximum atomic E-state index is 13.8. The zero-order valence-corrected chi connectivity index (χ0v) is 54.0. The number of nitrogens with one attached hydrogen (secondary N) is 10. The van der Waals surface area contributed by atoms with Crippen LogP contribution in [0.3, 0.4) is 0 Å². The Labute approximate surface area is 539 Å². The first-order valence-electron chi connectivity index (χ1n) is 30.6. The summed E-state index contributed by atoms with van der Waals surface area (Å²) < 4.78 is 26.1. The van der Waals surface area contributed by atoms with Crippen LogP contribution in [0.1, 0.15) is 138 Å². The topological polar surface area (TPSA) is 490 Å². The van der Waals surface area contributed by atoms with E-state index < -0.39 is 188 Å². The van der Waals surface area contributed by atoms with Gasteiger partial charge in [-0.3, -0.25) is 52.7 Å². The molecule has 8 unspecified atom stereocenters. The average Bonchev–Trinajstić information content (AvgIpc) is 1.86. The second-order valence-electron chi connectivity index (χ2n) is 24.2. The van der Waals surface area contributed by atoms with Crippen molar-refractivity contribution in [2.75, 3.05) is 52.6 Å². The number of esters is 1. The number of epoxide rings is 1. The number of hydrogen-bond acceptors (Lipinski definition) is 20. The minimum atomic E-state index is -1.69. The third-order valence-corrected chi connectivity index (χ3v) is 13.0. The molecule has 0 radical (unpaired) electrons. The number of carbonyl (C=O) groups is 14. The molecule has 0 spiro atoms. The normalized spacial score (nSPS) is 15.4. The standard InChI is InChI=1S/C60H94N10O23/c1-35(2)30-41(70-54(82)42(31-36-14-10-9-11-15-36)68-47(74)33-64-58(88)93-60(6,7)8)52(80)63-32-46(73)61-25-13-12-16-37(65-45(72)22-24-50(78)92-59(3,4)5)51(79)62-26-27-89-28-29-90-34-48(75)66-38(53(81)69-40(56(85)86)19-23-49(76)77)18-21-44(71)67-39(55(83)84)17-20-43-57(87)91-43/h9-11,14-15,35,37-43,57,87H,12-13,16-34H2,1-8H3,(H,61,73)(H,62,79)(H,63,80)(H,64,88)(H,65,72)(H,66,75)(H,67,71)(H,68,74)(H,69,81)(H,70,82)(H,76,77)(H,83,84)(H,85,86). The number of unbranched alkanes of at least 4 members (excludes halogenated alkanes) is 1. The molecule has 1 aliphatic heterocycles. The van der Waals surface area contributed by atoms with Gasteiger partial charge in [0.15, 0.2) is 6.29 Å². The maximum Gasteiger partial charge on any atom is 0.408 e. The first-order valence-corrected chi connectivity index (χ1v) is 30.6. The summed E-state index contributed by atoms with van der Waals surface area (Å²) in [6, 6.07) is 0.734. The fourth-order valence-corrected chi connectivity index (χ4v) is 8.48. The number of aliphatic hydroxyl groups excluding tert-OH is 1. The number of ether oxygens (including phenoxy) is 5. The summed E-state index contributed by atoms with van der Waals surface area (Å²) in [6.07, 6.45) is -4.31. The summed E-state index contributed by atoms with van der Waals surface area (Å²) in [5, 5.41) is 62.4. The van der Waals surface area contributed by atoms with Crippen molar-refractivity contribution >= 4 is 83.1 Å². The number of alkyl carbamates (subject to hydrolysis) is 1. The van der Waals surface area contributed by atoms with Gasteiger partial charge in [0, 0.05) is 38.8 Å². The lowest BCUT2D eigenvalue weighted by atomic mass is 10.0. The first kappa shape index (κ1) is 80.5. The lowest BCUT2D eigenvalue weighted by molar-refractivity contribution is -0.156. The lowest BCUT2D eigenvalue weighted by Crippen LogP contribution is -2.56. The van der Waals surface area contributed by atoms with Crippen LogP contribution in [-0.4, -0.2) is 216 Å². The van der Waals surface area contributed by atoms with Crippen molar-refractivity contribution in [1.29, 1.82) is 0 Å². The molecule has 33 nitrogen and oxygen atoms in total. The Balaban J connectivity index is 1.96. The summed E-state index contributed by atoms with van der Waals surface area (Å²) >= 11 is 0. The van der Waals surface area contributed by atoms with E-state index in [2.05, 4.69) is 53.2 Å². The van der Waals surface area contributed by atoms with Crippen LogP contribution in [0.2, 0.25) is 0 Å². The van der Waals surface area contributed by atoms with Crippen LogP contribution in [0.15, 0.2) is 30.3 Å². The van der Waals surface area contributed by atoms with E-state index in [9.17, 15) is 82.4 Å². The van der Waals surface area contributed by atoms with Crippen molar-refractivity contribution in [1.82, 2.24) is 53.2 Å². The molecule has 1 aliphatic rings. The predicted octanol–water partition coefficient (Wildman–Crippen LogP) is -1.31. The fraction of sp³-hybridized carbons (Fsp3) is 0.667. The van der Waals surface area contributed by atoms with Gasteiger partial charge in [-0.1, -0.05) is 44.2 Å². The predicted molar refractivity (Wildman–Crippen MR) is 327 cm³/mol.